The molecule has 2 aromatic carbocycles. The van der Waals surface area contributed by atoms with Crippen molar-refractivity contribution in [3.63, 3.8) is 0 Å². The molecule has 0 N–H and O–H groups in total. The van der Waals surface area contributed by atoms with Crippen LogP contribution in [0.1, 0.15) is 15.9 Å². The van der Waals surface area contributed by atoms with Crippen LogP contribution in [0.3, 0.4) is 0 Å². The fourth-order valence-electron chi connectivity index (χ4n) is 3.21. The van der Waals surface area contributed by atoms with Gasteiger partial charge in [0, 0.05) is 23.4 Å². The highest BCUT2D eigenvalue weighted by Crippen LogP contribution is 2.42. The first-order valence-corrected chi connectivity index (χ1v) is 7.63. The molecule has 0 radical (unpaired) electrons. The molecule has 25 heavy (non-hydrogen) atoms. The molecule has 0 unspecified atom stereocenters. The number of benzene rings is 2. The third-order valence-electron chi connectivity index (χ3n) is 4.30. The van der Waals surface area contributed by atoms with Crippen molar-refractivity contribution in [2.75, 3.05) is 14.2 Å². The fourth-order valence-corrected chi connectivity index (χ4v) is 3.21. The minimum absolute atomic E-state index is 0.193. The summed E-state index contributed by atoms with van der Waals surface area (Å²) >= 11 is 0. The number of carbonyl (C=O) groups is 1. The van der Waals surface area contributed by atoms with Crippen LogP contribution < -0.4 is 9.47 Å². The maximum Gasteiger partial charge on any atom is 0.339 e. The van der Waals surface area contributed by atoms with Crippen molar-refractivity contribution >= 4 is 16.7 Å². The summed E-state index contributed by atoms with van der Waals surface area (Å²) in [5.41, 5.74) is 2.37. The van der Waals surface area contributed by atoms with Gasteiger partial charge in [-0.2, -0.15) is 4.39 Å². The van der Waals surface area contributed by atoms with Crippen molar-refractivity contribution in [1.29, 1.82) is 0 Å². The Bertz CT molecular complexity index is 1020. The first-order valence-electron chi connectivity index (χ1n) is 7.63. The predicted molar refractivity (Wildman–Crippen MR) is 89.4 cm³/mol. The molecule has 0 spiro atoms. The Balaban J connectivity index is 2.14. The zero-order valence-corrected chi connectivity index (χ0v) is 13.6. The fraction of sp³-hybridized carbons (Fsp3) is 0.158. The lowest BCUT2D eigenvalue weighted by molar-refractivity contribution is 0.0535. The van der Waals surface area contributed by atoms with Crippen LogP contribution in [0.4, 0.5) is 4.39 Å². The van der Waals surface area contributed by atoms with Gasteiger partial charge >= 0.3 is 5.97 Å². The highest BCUT2D eigenvalue weighted by atomic mass is 19.1. The molecule has 0 amide bonds. The summed E-state index contributed by atoms with van der Waals surface area (Å²) in [6, 6.07) is 8.47. The lowest BCUT2D eigenvalue weighted by atomic mass is 9.90. The summed E-state index contributed by atoms with van der Waals surface area (Å²) in [5, 5.41) is 1.60. The van der Waals surface area contributed by atoms with Gasteiger partial charge in [0.1, 0.15) is 6.61 Å². The zero-order valence-electron chi connectivity index (χ0n) is 13.6. The van der Waals surface area contributed by atoms with Crippen LogP contribution >= 0.6 is 0 Å². The van der Waals surface area contributed by atoms with Gasteiger partial charge < -0.3 is 14.2 Å². The number of rotatable bonds is 3. The van der Waals surface area contributed by atoms with Crippen LogP contribution in [0.2, 0.25) is 0 Å². The van der Waals surface area contributed by atoms with Gasteiger partial charge in [0.2, 0.25) is 5.95 Å². The van der Waals surface area contributed by atoms with Gasteiger partial charge in [0.25, 0.3) is 0 Å². The van der Waals surface area contributed by atoms with E-state index in [0.717, 1.165) is 16.3 Å². The smallest absolute Gasteiger partial charge is 0.339 e. The molecule has 1 aliphatic heterocycles. The van der Waals surface area contributed by atoms with Crippen molar-refractivity contribution in [3.8, 4) is 22.6 Å². The Morgan fingerprint density at radius 3 is 2.56 bits per heavy atom. The van der Waals surface area contributed by atoms with Gasteiger partial charge in [0.05, 0.1) is 19.8 Å². The summed E-state index contributed by atoms with van der Waals surface area (Å²) < 4.78 is 29.6. The molecule has 0 fully saturated rings. The molecular formula is C19H14FNO4. The van der Waals surface area contributed by atoms with Crippen LogP contribution in [0, 0.1) is 5.95 Å². The maximum absolute atomic E-state index is 13.7. The number of methoxy groups -OCH3 is 2. The van der Waals surface area contributed by atoms with E-state index in [1.165, 1.54) is 19.4 Å². The topological polar surface area (TPSA) is 57.7 Å². The van der Waals surface area contributed by atoms with Gasteiger partial charge in [-0.05, 0) is 40.6 Å². The van der Waals surface area contributed by atoms with Crippen molar-refractivity contribution in [3.05, 3.63) is 53.6 Å². The maximum atomic E-state index is 13.7. The van der Waals surface area contributed by atoms with Crippen LogP contribution in [-0.2, 0) is 11.3 Å². The lowest BCUT2D eigenvalue weighted by Crippen LogP contribution is -2.00. The second-order valence-electron chi connectivity index (χ2n) is 5.66. The van der Waals surface area contributed by atoms with E-state index in [-0.39, 0.29) is 6.61 Å². The van der Waals surface area contributed by atoms with E-state index < -0.39 is 11.9 Å². The minimum Gasteiger partial charge on any atom is -0.493 e. The van der Waals surface area contributed by atoms with Gasteiger partial charge in [-0.3, -0.25) is 0 Å². The van der Waals surface area contributed by atoms with E-state index in [1.807, 2.05) is 12.1 Å². The zero-order chi connectivity index (χ0) is 17.6. The van der Waals surface area contributed by atoms with Crippen molar-refractivity contribution in [2.24, 2.45) is 0 Å². The highest BCUT2D eigenvalue weighted by Gasteiger charge is 2.28. The van der Waals surface area contributed by atoms with Gasteiger partial charge in [-0.25, -0.2) is 9.78 Å². The Kier molecular flexibility index (Phi) is 3.53. The van der Waals surface area contributed by atoms with Gasteiger partial charge in [0.15, 0.2) is 11.5 Å². The average Bonchev–Trinajstić information content (AvgIpc) is 2.99. The number of ether oxygens (including phenoxy) is 3. The molecule has 0 aliphatic carbocycles. The summed E-state index contributed by atoms with van der Waals surface area (Å²) in [7, 11) is 3.10. The van der Waals surface area contributed by atoms with E-state index >= 15 is 0 Å². The van der Waals surface area contributed by atoms with E-state index in [0.29, 0.717) is 28.2 Å². The first kappa shape index (κ1) is 15.4. The second-order valence-corrected chi connectivity index (χ2v) is 5.66. The Hall–Kier alpha value is -3.15. The van der Waals surface area contributed by atoms with Crippen LogP contribution in [-0.4, -0.2) is 25.2 Å². The molecule has 2 heterocycles. The average molecular weight is 339 g/mol. The molecule has 0 bridgehead atoms. The lowest BCUT2D eigenvalue weighted by Gasteiger charge is -2.14. The number of nitrogens with zero attached hydrogens (tertiary/aromatic N) is 1. The number of carbonyl (C=O) groups excluding carboxylic acids is 1. The van der Waals surface area contributed by atoms with Crippen molar-refractivity contribution < 1.29 is 23.4 Å². The van der Waals surface area contributed by atoms with Crippen LogP contribution in [0.25, 0.3) is 21.9 Å². The number of hydrogen-bond donors (Lipinski definition) is 0. The highest BCUT2D eigenvalue weighted by molar-refractivity contribution is 6.11. The van der Waals surface area contributed by atoms with E-state index in [4.69, 9.17) is 14.2 Å². The number of aromatic nitrogens is 1. The summed E-state index contributed by atoms with van der Waals surface area (Å²) in [4.78, 5) is 15.9. The Labute approximate surface area is 143 Å². The number of hydrogen-bond acceptors (Lipinski definition) is 5. The van der Waals surface area contributed by atoms with Crippen molar-refractivity contribution in [2.45, 2.75) is 6.61 Å². The molecule has 0 saturated carbocycles. The molecule has 126 valence electrons. The van der Waals surface area contributed by atoms with Gasteiger partial charge in [-0.15, -0.1) is 0 Å². The van der Waals surface area contributed by atoms with E-state index in [1.54, 1.807) is 19.2 Å². The summed E-state index contributed by atoms with van der Waals surface area (Å²) in [6.07, 6.45) is 1.37. The van der Waals surface area contributed by atoms with Crippen molar-refractivity contribution in [1.82, 2.24) is 4.98 Å². The monoisotopic (exact) mass is 339 g/mol. The van der Waals surface area contributed by atoms with E-state index in [9.17, 15) is 9.18 Å². The molecule has 1 aromatic heterocycles. The van der Waals surface area contributed by atoms with Gasteiger partial charge in [-0.1, -0.05) is 0 Å². The van der Waals surface area contributed by atoms with E-state index in [2.05, 4.69) is 4.98 Å². The minimum atomic E-state index is -0.616. The molecule has 4 rings (SSSR count). The Morgan fingerprint density at radius 2 is 1.84 bits per heavy atom. The molecule has 3 aromatic rings. The largest absolute Gasteiger partial charge is 0.493 e. The quantitative estimate of drug-likeness (QED) is 0.537. The molecule has 0 saturated heterocycles. The summed E-state index contributed by atoms with van der Waals surface area (Å²) in [5.74, 6) is 0.0677. The number of pyridine rings is 1. The Morgan fingerprint density at radius 1 is 1.08 bits per heavy atom. The normalized spacial score (nSPS) is 12.8. The molecular weight excluding hydrogens is 325 g/mol. The third-order valence-corrected chi connectivity index (χ3v) is 4.30. The third kappa shape index (κ3) is 2.38. The molecule has 1 aliphatic rings. The number of esters is 1. The number of fused-ring (bicyclic) bond motifs is 2. The SMILES string of the molecule is COc1cc2cc3c(c(-c4ccnc(F)c4)c2cc1OC)C(=O)OC3. The molecule has 0 atom stereocenters. The van der Waals surface area contributed by atoms with Crippen LogP contribution in [0.15, 0.2) is 36.5 Å². The number of halogens is 1. The first-order chi connectivity index (χ1) is 12.1. The second kappa shape index (κ2) is 5.73. The predicted octanol–water partition coefficient (Wildman–Crippen LogP) is 3.73. The molecule has 6 heteroatoms. The van der Waals surface area contributed by atoms with Crippen LogP contribution in [0.5, 0.6) is 11.5 Å². The number of cyclic esters (lactones) is 1. The standard InChI is InChI=1S/C19H14FNO4/c1-23-14-6-11-5-12-9-25-19(22)18(12)17(13(11)8-15(14)24-2)10-3-4-21-16(20)7-10/h3-8H,9H2,1-2H3. The molecule has 5 nitrogen and oxygen atoms in total. The summed E-state index contributed by atoms with van der Waals surface area (Å²) in [6.45, 7) is 0.193.